The van der Waals surface area contributed by atoms with Gasteiger partial charge in [0.15, 0.2) is 5.78 Å². The Hall–Kier alpha value is -3.02. The predicted molar refractivity (Wildman–Crippen MR) is 140 cm³/mol. The molecular weight excluding hydrogens is 424 g/mol. The second kappa shape index (κ2) is 13.0. The van der Waals surface area contributed by atoms with E-state index in [1.807, 2.05) is 73.8 Å². The number of halogens is 1. The third-order valence-electron chi connectivity index (χ3n) is 6.06. The van der Waals surface area contributed by atoms with Gasteiger partial charge in [-0.25, -0.2) is 4.39 Å². The second-order valence-corrected chi connectivity index (χ2v) is 8.66. The van der Waals surface area contributed by atoms with Crippen molar-refractivity contribution < 1.29 is 14.2 Å². The third kappa shape index (κ3) is 6.99. The van der Waals surface area contributed by atoms with E-state index in [1.165, 1.54) is 0 Å². The number of carbonyl (C=O) groups is 1. The Morgan fingerprint density at radius 2 is 1.82 bits per heavy atom. The van der Waals surface area contributed by atoms with Gasteiger partial charge < -0.3 is 10.3 Å². The van der Waals surface area contributed by atoms with Gasteiger partial charge in [-0.1, -0.05) is 79.5 Å². The quantitative estimate of drug-likeness (QED) is 0.221. The molecule has 0 amide bonds. The van der Waals surface area contributed by atoms with E-state index in [0.29, 0.717) is 18.5 Å². The van der Waals surface area contributed by atoms with Gasteiger partial charge in [0.25, 0.3) is 0 Å². The van der Waals surface area contributed by atoms with Crippen molar-refractivity contribution in [2.24, 2.45) is 0 Å². The highest BCUT2D eigenvalue weighted by atomic mass is 19.1. The van der Waals surface area contributed by atoms with Crippen LogP contribution in [0.1, 0.15) is 60.0 Å². The first-order valence-electron chi connectivity index (χ1n) is 12.0. The Morgan fingerprint density at radius 3 is 2.56 bits per heavy atom. The van der Waals surface area contributed by atoms with Gasteiger partial charge in [-0.3, -0.25) is 4.79 Å². The summed E-state index contributed by atoms with van der Waals surface area (Å²) in [6.45, 7) is 2.83. The first-order valence-corrected chi connectivity index (χ1v) is 12.0. The van der Waals surface area contributed by atoms with Crippen LogP contribution in [0.2, 0.25) is 0 Å². The summed E-state index contributed by atoms with van der Waals surface area (Å²) >= 11 is 0. The molecule has 176 valence electrons. The number of rotatable bonds is 12. The lowest BCUT2D eigenvalue weighted by Gasteiger charge is -2.18. The fraction of sp³-hybridized carbons (Fsp3) is 0.276. The average Bonchev–Trinajstić information content (AvgIpc) is 2.87. The second-order valence-electron chi connectivity index (χ2n) is 8.66. The monoisotopic (exact) mass is 457 g/mol. The molecule has 0 spiro atoms. The molecule has 5 heteroatoms. The lowest BCUT2D eigenvalue weighted by Crippen LogP contribution is -2.12. The fourth-order valence-electron chi connectivity index (χ4n) is 4.31. The van der Waals surface area contributed by atoms with Crippen LogP contribution in [-0.2, 0) is 6.54 Å². The number of hydrogen-bond donors (Lipinski definition) is 2. The van der Waals surface area contributed by atoms with Crippen LogP contribution in [0.15, 0.2) is 78.9 Å². The smallest absolute Gasteiger partial charge is 0.304 e. The number of hydrogen-bond acceptors (Lipinski definition) is 3. The van der Waals surface area contributed by atoms with Crippen molar-refractivity contribution in [1.82, 2.24) is 5.32 Å². The van der Waals surface area contributed by atoms with Crippen LogP contribution < -0.4 is 10.8 Å². The van der Waals surface area contributed by atoms with Crippen LogP contribution >= 0.6 is 0 Å². The molecule has 0 aromatic heterocycles. The summed E-state index contributed by atoms with van der Waals surface area (Å²) < 4.78 is 14.6. The first-order chi connectivity index (χ1) is 16.5. The van der Waals surface area contributed by atoms with Crippen LogP contribution in [0.5, 0.6) is 0 Å². The highest BCUT2D eigenvalue weighted by Gasteiger charge is 2.15. The van der Waals surface area contributed by atoms with Crippen molar-refractivity contribution >= 4 is 18.7 Å². The minimum atomic E-state index is -0.152. The molecule has 3 nitrogen and oxygen atoms in total. The van der Waals surface area contributed by atoms with Gasteiger partial charge in [-0.2, -0.15) is 0 Å². The van der Waals surface area contributed by atoms with Crippen LogP contribution in [-0.4, -0.2) is 25.3 Å². The maximum atomic E-state index is 14.6. The van der Waals surface area contributed by atoms with Gasteiger partial charge >= 0.3 is 7.48 Å². The van der Waals surface area contributed by atoms with Gasteiger partial charge in [0.05, 0.1) is 0 Å². The van der Waals surface area contributed by atoms with Gasteiger partial charge in [-0.15, -0.1) is 0 Å². The molecule has 0 fully saturated rings. The summed E-state index contributed by atoms with van der Waals surface area (Å²) in [5.41, 5.74) is 5.22. The number of benzene rings is 3. The molecule has 1 atom stereocenters. The summed E-state index contributed by atoms with van der Waals surface area (Å²) in [6, 6.07) is 20.6. The van der Waals surface area contributed by atoms with E-state index in [4.69, 9.17) is 0 Å². The number of carbonyl (C=O) groups excluding carboxylic acids is 1. The predicted octanol–water partition coefficient (Wildman–Crippen LogP) is 5.28. The number of ketones is 1. The molecule has 0 aliphatic carbocycles. The zero-order valence-corrected chi connectivity index (χ0v) is 20.1. The summed E-state index contributed by atoms with van der Waals surface area (Å²) in [6.07, 6.45) is 6.93. The first kappa shape index (κ1) is 25.6. The Morgan fingerprint density at radius 1 is 1.06 bits per heavy atom. The lowest BCUT2D eigenvalue weighted by atomic mass is 9.86. The Kier molecular flexibility index (Phi) is 9.81. The van der Waals surface area contributed by atoms with Crippen molar-refractivity contribution in [1.29, 1.82) is 0 Å². The zero-order chi connectivity index (χ0) is 24.3. The topological polar surface area (TPSA) is 49.3 Å². The number of nitrogens with one attached hydrogen (secondary N) is 1. The molecule has 2 N–H and O–H groups in total. The van der Waals surface area contributed by atoms with Gasteiger partial charge in [0.2, 0.25) is 0 Å². The standard InChI is InChI=1S/C29H33BFNO2/c1-3-8-22(27-17-21(20-32-2)15-16-28(27)31)9-4-5-14-29(33)25-12-6-10-23(18-25)24-11-7-13-26(19-24)30-34/h5-7,10-19,22,30,32,34H,3-4,8-9,20H2,1-2H3/b14-5-. The van der Waals surface area contributed by atoms with Crippen LogP contribution in [0.25, 0.3) is 11.1 Å². The summed E-state index contributed by atoms with van der Waals surface area (Å²) in [5.74, 6) is -0.0708. The molecule has 3 rings (SSSR count). The summed E-state index contributed by atoms with van der Waals surface area (Å²) in [5, 5.41) is 12.5. The summed E-state index contributed by atoms with van der Waals surface area (Å²) in [7, 11) is 1.87. The Labute approximate surface area is 203 Å². The third-order valence-corrected chi connectivity index (χ3v) is 6.06. The molecule has 3 aromatic rings. The van der Waals surface area contributed by atoms with Crippen molar-refractivity contribution in [3.05, 3.63) is 101 Å². The number of allylic oxidation sites excluding steroid dienone is 2. The SMILES string of the molecule is CCCC(CC/C=C\C(=O)c1cccc(-c2cccc(BO)c2)c1)c1cc(CNC)ccc1F. The normalized spacial score (nSPS) is 12.1. The molecule has 0 saturated heterocycles. The lowest BCUT2D eigenvalue weighted by molar-refractivity contribution is 0.104. The minimum absolute atomic E-state index is 0.0160. The molecule has 0 heterocycles. The van der Waals surface area contributed by atoms with E-state index in [9.17, 15) is 14.2 Å². The molecule has 0 radical (unpaired) electrons. The van der Waals surface area contributed by atoms with Gasteiger partial charge in [0.1, 0.15) is 5.82 Å². The minimum Gasteiger partial charge on any atom is -0.449 e. The molecule has 1 unspecified atom stereocenters. The highest BCUT2D eigenvalue weighted by molar-refractivity contribution is 6.45. The van der Waals surface area contributed by atoms with Crippen LogP contribution in [0, 0.1) is 5.82 Å². The highest BCUT2D eigenvalue weighted by Crippen LogP contribution is 2.29. The van der Waals surface area contributed by atoms with E-state index >= 15 is 0 Å². The van der Waals surface area contributed by atoms with E-state index in [2.05, 4.69) is 12.2 Å². The van der Waals surface area contributed by atoms with E-state index in [0.717, 1.165) is 47.0 Å². The van der Waals surface area contributed by atoms with Gasteiger partial charge in [-0.05, 0) is 72.7 Å². The largest absolute Gasteiger partial charge is 0.449 e. The van der Waals surface area contributed by atoms with E-state index in [1.54, 1.807) is 12.1 Å². The molecule has 0 saturated carbocycles. The van der Waals surface area contributed by atoms with Crippen molar-refractivity contribution in [3.63, 3.8) is 0 Å². The van der Waals surface area contributed by atoms with Crippen molar-refractivity contribution in [2.75, 3.05) is 7.05 Å². The maximum Gasteiger partial charge on any atom is 0.304 e. The summed E-state index contributed by atoms with van der Waals surface area (Å²) in [4.78, 5) is 12.8. The van der Waals surface area contributed by atoms with Crippen LogP contribution in [0.4, 0.5) is 4.39 Å². The van der Waals surface area contributed by atoms with Gasteiger partial charge in [0, 0.05) is 12.1 Å². The van der Waals surface area contributed by atoms with Crippen LogP contribution in [0.3, 0.4) is 0 Å². The average molecular weight is 457 g/mol. The maximum absolute atomic E-state index is 14.6. The molecule has 0 bridgehead atoms. The Balaban J connectivity index is 1.66. The van der Waals surface area contributed by atoms with Crippen molar-refractivity contribution in [3.8, 4) is 11.1 Å². The molecule has 0 aliphatic heterocycles. The fourth-order valence-corrected chi connectivity index (χ4v) is 4.31. The molecule has 3 aromatic carbocycles. The van der Waals surface area contributed by atoms with Crippen molar-refractivity contribution in [2.45, 2.75) is 45.1 Å². The van der Waals surface area contributed by atoms with E-state index < -0.39 is 0 Å². The molecule has 34 heavy (non-hydrogen) atoms. The van der Waals surface area contributed by atoms with E-state index in [-0.39, 0.29) is 25.0 Å². The Bertz CT molecular complexity index is 1130. The molecular formula is C29H33BFNO2. The zero-order valence-electron chi connectivity index (χ0n) is 20.1. The molecule has 0 aliphatic rings.